The van der Waals surface area contributed by atoms with Gasteiger partial charge in [-0.3, -0.25) is 9.59 Å². The van der Waals surface area contributed by atoms with Gasteiger partial charge in [0.05, 0.1) is 17.2 Å². The number of amides is 2. The molecule has 0 saturated carbocycles. The predicted octanol–water partition coefficient (Wildman–Crippen LogP) is 6.94. The van der Waals surface area contributed by atoms with Gasteiger partial charge in [0.25, 0.3) is 11.8 Å². The number of aryl methyl sites for hydroxylation is 2. The van der Waals surface area contributed by atoms with Crippen LogP contribution in [0.5, 0.6) is 11.5 Å². The number of rotatable bonds is 9. The number of nitrogens with one attached hydrogen (secondary N) is 2. The number of benzene rings is 3. The molecule has 3 aromatic rings. The highest BCUT2D eigenvalue weighted by molar-refractivity contribution is 6.32. The lowest BCUT2D eigenvalue weighted by atomic mass is 10.1. The van der Waals surface area contributed by atoms with Gasteiger partial charge in [-0.15, -0.1) is 0 Å². The molecule has 3 aromatic carbocycles. The summed E-state index contributed by atoms with van der Waals surface area (Å²) in [5, 5.41) is 14.6. The van der Waals surface area contributed by atoms with Gasteiger partial charge in [0.15, 0.2) is 18.1 Å². The van der Waals surface area contributed by atoms with Crippen molar-refractivity contribution < 1.29 is 32.2 Å². The Morgan fingerprint density at radius 2 is 1.80 bits per heavy atom. The van der Waals surface area contributed by atoms with Crippen molar-refractivity contribution in [2.45, 2.75) is 26.9 Å². The van der Waals surface area contributed by atoms with Gasteiger partial charge in [0.2, 0.25) is 0 Å². The van der Waals surface area contributed by atoms with Crippen molar-refractivity contribution in [3.05, 3.63) is 87.4 Å². The van der Waals surface area contributed by atoms with Gasteiger partial charge in [-0.2, -0.15) is 18.4 Å². The molecule has 0 aliphatic heterocycles. The topological polar surface area (TPSA) is 100 Å². The van der Waals surface area contributed by atoms with Crippen molar-refractivity contribution in [2.75, 3.05) is 23.8 Å². The van der Waals surface area contributed by atoms with Crippen LogP contribution in [0.3, 0.4) is 0 Å². The van der Waals surface area contributed by atoms with Gasteiger partial charge < -0.3 is 20.1 Å². The summed E-state index contributed by atoms with van der Waals surface area (Å²) in [7, 11) is 0. The number of carbonyl (C=O) groups is 2. The highest BCUT2D eigenvalue weighted by Crippen LogP contribution is 2.37. The van der Waals surface area contributed by atoms with E-state index in [1.807, 2.05) is 26.0 Å². The zero-order valence-electron chi connectivity index (χ0n) is 21.8. The van der Waals surface area contributed by atoms with E-state index in [0.717, 1.165) is 29.3 Å². The molecule has 0 unspecified atom stereocenters. The normalized spacial score (nSPS) is 11.4. The fourth-order valence-electron chi connectivity index (χ4n) is 3.64. The van der Waals surface area contributed by atoms with Crippen LogP contribution in [0.15, 0.2) is 60.2 Å². The Morgan fingerprint density at radius 1 is 1.05 bits per heavy atom. The van der Waals surface area contributed by atoms with Crippen LogP contribution in [0.25, 0.3) is 6.08 Å². The molecule has 0 saturated heterocycles. The van der Waals surface area contributed by atoms with Crippen LogP contribution in [0.1, 0.15) is 29.2 Å². The van der Waals surface area contributed by atoms with E-state index in [0.29, 0.717) is 5.69 Å². The second-order valence-corrected chi connectivity index (χ2v) is 9.03. The Hall–Kier alpha value is -4.49. The monoisotopic (exact) mass is 571 g/mol. The van der Waals surface area contributed by atoms with Crippen molar-refractivity contribution >= 4 is 40.9 Å². The first-order valence-electron chi connectivity index (χ1n) is 12.0. The highest BCUT2D eigenvalue weighted by Gasteiger charge is 2.30. The molecule has 0 bridgehead atoms. The summed E-state index contributed by atoms with van der Waals surface area (Å²) in [6.45, 7) is 5.38. The number of hydrogen-bond acceptors (Lipinski definition) is 5. The molecule has 208 valence electrons. The van der Waals surface area contributed by atoms with Gasteiger partial charge in [-0.1, -0.05) is 35.4 Å². The molecule has 2 amide bonds. The van der Waals surface area contributed by atoms with E-state index in [2.05, 4.69) is 10.6 Å². The summed E-state index contributed by atoms with van der Waals surface area (Å²) in [6, 6.07) is 14.2. The summed E-state index contributed by atoms with van der Waals surface area (Å²) >= 11 is 6.40. The van der Waals surface area contributed by atoms with Crippen molar-refractivity contribution in [1.29, 1.82) is 5.26 Å². The highest BCUT2D eigenvalue weighted by atomic mass is 35.5. The second-order valence-electron chi connectivity index (χ2n) is 8.62. The Balaban J connectivity index is 1.78. The fraction of sp³-hybridized carbons (Fsp3) is 0.207. The van der Waals surface area contributed by atoms with E-state index in [4.69, 9.17) is 21.1 Å². The van der Waals surface area contributed by atoms with Gasteiger partial charge in [0.1, 0.15) is 11.6 Å². The molecule has 0 spiro atoms. The molecule has 0 radical (unpaired) electrons. The molecule has 40 heavy (non-hydrogen) atoms. The van der Waals surface area contributed by atoms with Crippen LogP contribution in [0.2, 0.25) is 5.02 Å². The number of hydrogen-bond donors (Lipinski definition) is 2. The summed E-state index contributed by atoms with van der Waals surface area (Å²) in [4.78, 5) is 25.1. The molecule has 0 aliphatic carbocycles. The maximum Gasteiger partial charge on any atom is 0.416 e. The minimum Gasteiger partial charge on any atom is -0.490 e. The first-order valence-corrected chi connectivity index (χ1v) is 12.4. The third-order valence-corrected chi connectivity index (χ3v) is 5.74. The fourth-order valence-corrected chi connectivity index (χ4v) is 3.91. The lowest BCUT2D eigenvalue weighted by molar-refractivity contribution is -0.137. The zero-order chi connectivity index (χ0) is 29.4. The Kier molecular flexibility index (Phi) is 9.80. The van der Waals surface area contributed by atoms with Crippen LogP contribution in [-0.4, -0.2) is 25.0 Å². The van der Waals surface area contributed by atoms with Crippen molar-refractivity contribution in [2.24, 2.45) is 0 Å². The quantitative estimate of drug-likeness (QED) is 0.214. The molecule has 0 fully saturated rings. The molecule has 3 rings (SSSR count). The van der Waals surface area contributed by atoms with Crippen molar-refractivity contribution in [1.82, 2.24) is 0 Å². The van der Waals surface area contributed by atoms with Gasteiger partial charge in [0, 0.05) is 11.4 Å². The molecule has 11 heteroatoms. The number of ether oxygens (including phenoxy) is 2. The molecule has 2 N–H and O–H groups in total. The van der Waals surface area contributed by atoms with Crippen LogP contribution < -0.4 is 20.1 Å². The Bertz CT molecular complexity index is 1500. The smallest absolute Gasteiger partial charge is 0.416 e. The maximum absolute atomic E-state index is 13.0. The standard InChI is InChI=1S/C29H25ClF3N3O4/c1-4-39-25-13-19(11-20(15-34)28(38)35-22-7-5-6-21(14-22)29(31,32)33)12-23(30)27(25)40-16-26(37)36-24-9-8-17(2)10-18(24)3/h5-14H,4,16H2,1-3H3,(H,35,38)(H,36,37)/b20-11+. The Morgan fingerprint density at radius 3 is 2.45 bits per heavy atom. The minimum absolute atomic E-state index is 0.0482. The van der Waals surface area contributed by atoms with E-state index in [1.54, 1.807) is 19.1 Å². The summed E-state index contributed by atoms with van der Waals surface area (Å²) < 4.78 is 50.2. The number of halogens is 4. The molecule has 0 heterocycles. The van der Waals surface area contributed by atoms with Crippen molar-refractivity contribution in [3.63, 3.8) is 0 Å². The number of anilines is 2. The van der Waals surface area contributed by atoms with Crippen molar-refractivity contribution in [3.8, 4) is 17.6 Å². The SMILES string of the molecule is CCOc1cc(/C=C(\C#N)C(=O)Nc2cccc(C(F)(F)F)c2)cc(Cl)c1OCC(=O)Nc1ccc(C)cc1C. The first-order chi connectivity index (χ1) is 18.9. The molecule has 0 aliphatic rings. The number of alkyl halides is 3. The first kappa shape index (κ1) is 30.1. The number of nitriles is 1. The molecule has 7 nitrogen and oxygen atoms in total. The number of carbonyl (C=O) groups excluding carboxylic acids is 2. The third kappa shape index (κ3) is 8.01. The van der Waals surface area contributed by atoms with Crippen LogP contribution >= 0.6 is 11.6 Å². The summed E-state index contributed by atoms with van der Waals surface area (Å²) in [5.41, 5.74) is 1.41. The van der Waals surface area contributed by atoms with E-state index >= 15 is 0 Å². The zero-order valence-corrected chi connectivity index (χ0v) is 22.5. The van der Waals surface area contributed by atoms with Gasteiger partial charge in [-0.25, -0.2) is 0 Å². The van der Waals surface area contributed by atoms with E-state index in [1.165, 1.54) is 24.3 Å². The molecule has 0 aromatic heterocycles. The molecule has 0 atom stereocenters. The largest absolute Gasteiger partial charge is 0.490 e. The average molecular weight is 572 g/mol. The van der Waals surface area contributed by atoms with E-state index in [9.17, 15) is 28.0 Å². The van der Waals surface area contributed by atoms with Crippen LogP contribution in [-0.2, 0) is 15.8 Å². The van der Waals surface area contributed by atoms with Gasteiger partial charge in [-0.05, 0) is 74.4 Å². The molecular weight excluding hydrogens is 547 g/mol. The number of nitrogens with zero attached hydrogens (tertiary/aromatic N) is 1. The summed E-state index contributed by atoms with van der Waals surface area (Å²) in [5.74, 6) is -1.09. The summed E-state index contributed by atoms with van der Waals surface area (Å²) in [6.07, 6.45) is -3.39. The maximum atomic E-state index is 13.0. The van der Waals surface area contributed by atoms with Crippen LogP contribution in [0.4, 0.5) is 24.5 Å². The lowest BCUT2D eigenvalue weighted by Crippen LogP contribution is -2.21. The van der Waals surface area contributed by atoms with Gasteiger partial charge >= 0.3 is 6.18 Å². The van der Waals surface area contributed by atoms with Crippen LogP contribution in [0, 0.1) is 25.2 Å². The van der Waals surface area contributed by atoms with E-state index < -0.39 is 29.1 Å². The Labute approximate surface area is 234 Å². The minimum atomic E-state index is -4.59. The predicted molar refractivity (Wildman–Crippen MR) is 146 cm³/mol. The average Bonchev–Trinajstić information content (AvgIpc) is 2.88. The lowest BCUT2D eigenvalue weighted by Gasteiger charge is -2.15. The molecular formula is C29H25ClF3N3O4. The van der Waals surface area contributed by atoms with E-state index in [-0.39, 0.29) is 41.0 Å². The third-order valence-electron chi connectivity index (χ3n) is 5.46. The second kappa shape index (κ2) is 13.0.